The molecule has 0 fully saturated rings. The minimum Gasteiger partial charge on any atom is -0.480 e. The van der Waals surface area contributed by atoms with Gasteiger partial charge in [0.25, 0.3) is 40.7 Å². The van der Waals surface area contributed by atoms with Crippen LogP contribution >= 0.6 is 0 Å². The van der Waals surface area contributed by atoms with Crippen LogP contribution in [0.3, 0.4) is 0 Å². The highest BCUT2D eigenvalue weighted by Gasteiger charge is 2.30. The lowest BCUT2D eigenvalue weighted by Gasteiger charge is -2.16. The van der Waals surface area contributed by atoms with Crippen molar-refractivity contribution in [2.45, 2.75) is 300 Å². The van der Waals surface area contributed by atoms with Gasteiger partial charge in [0.1, 0.15) is 97.9 Å². The second kappa shape index (κ2) is 82.2. The van der Waals surface area contributed by atoms with Crippen LogP contribution < -0.4 is 45.0 Å². The summed E-state index contributed by atoms with van der Waals surface area (Å²) >= 11 is 0. The number of carbonyl (C=O) groups is 12. The van der Waals surface area contributed by atoms with Crippen LogP contribution in [0.25, 0.3) is 0 Å². The summed E-state index contributed by atoms with van der Waals surface area (Å²) in [6.07, 6.45) is 2.66. The van der Waals surface area contributed by atoms with Crippen molar-refractivity contribution >= 4 is 72.2 Å². The van der Waals surface area contributed by atoms with Gasteiger partial charge in [-0.3, -0.25) is 43.2 Å². The van der Waals surface area contributed by atoms with Crippen LogP contribution in [-0.4, -0.2) is 277 Å². The van der Waals surface area contributed by atoms with Crippen molar-refractivity contribution in [2.75, 3.05) is 59.5 Å². The summed E-state index contributed by atoms with van der Waals surface area (Å²) in [6.45, 7) is 7.23. The Morgan fingerprint density at radius 2 is 0.607 bits per heavy atom. The van der Waals surface area contributed by atoms with Crippen molar-refractivity contribution in [3.63, 3.8) is 0 Å². The largest absolute Gasteiger partial charge is 0.519 e. The fraction of sp³-hybridized carbons (Fsp3) is 0.727. The molecule has 0 aliphatic rings. The zero-order valence-corrected chi connectivity index (χ0v) is 79.8. The Morgan fingerprint density at radius 3 is 0.903 bits per heavy atom. The molecule has 0 aliphatic carbocycles. The van der Waals surface area contributed by atoms with E-state index in [0.29, 0.717) is 102 Å². The molecule has 145 heavy (non-hydrogen) atoms. The van der Waals surface area contributed by atoms with Gasteiger partial charge in [-0.1, -0.05) is 63.5 Å². The molecule has 828 valence electrons. The number of benzene rings is 1. The van der Waals surface area contributed by atoms with E-state index in [-0.39, 0.29) is 121 Å². The summed E-state index contributed by atoms with van der Waals surface area (Å²) in [4.78, 5) is 258. The molecule has 0 radical (unpaired) electrons. The van der Waals surface area contributed by atoms with E-state index in [1.54, 1.807) is 12.1 Å². The SMILES string of the molecule is CC(OC(=O)CCCCCC(CO[N+](=O)[O-])O[N+](=O)[O-])C(N)C(=O)O.CC(OC(=O)CCCCCCCO[N+](=O)[O-])C(N)C(=O)O.CC(OC(=O)CCCCCO[N+](=O)[O-])C(N)C(=O)O.CC(OC(=O)OCCCCC(CO[N+](=O)[O-])O[N+](=O)[O-])C(N)C(=O)O.CC(OC(=O)OCCCCCCO[N+](=O)[O-])C(N)C(=O)O.Cc1oc(=O)oc1COC(=O)C(N)Cc1ccc(OC(=O)OCCCCCCO[N+](=O)[O-])cc1. The molecule has 68 heteroatoms. The maximum absolute atomic E-state index is 12.1. The molecule has 2 rings (SSSR count). The molecule has 13 atom stereocenters. The minimum atomic E-state index is -1.39. The molecule has 1 aromatic carbocycles. The standard InChI is InChI=1S/C21H26N2O11.C12H21N3O10.C12H22N2O7.C11H19N3O11.C11H20N2O8.C10H18N2O7/c1-14-18(34-21(26)32-14)13-30-19(24)17(22)12-15-6-8-16(9-7-15)33-20(25)29-10-4-2-3-5-11-31-23(27)28;1-8(11(13)12(17)18)24-10(16)6-4-2-3-5-9(25-15(21)22)7-23-14(19)20;1-9(11(13)12(16)17)21-10(15)7-5-3-2-4-6-8-20-14(18)19;1-7(9(12)10(15)16)24-11(17)22-5-3-2-4-8(25-14(20)21)6-23-13(18)19;1-8(9(12)10(14)15)21-11(16)19-6-4-2-3-5-7-20-13(17)18;1-7(9(11)10(14)15)19-8(13)5-3-2-4-6-18-12(16)17/h6-9,17H,2-5,10-13,22H2,1H3;8-9,11H,2-7,13H2,1H3,(H,17,18);9,11H,2-8,13H2,1H3,(H,16,17);7-9H,2-6,12H2,1H3,(H,15,16);8-9H,2-7,12H2,1H3,(H,14,15);7,9H,2-6,11H2,1H3,(H,14,15). The lowest BCUT2D eigenvalue weighted by atomic mass is 10.1. The molecule has 1 aromatic heterocycles. The number of hydrogen-bond acceptors (Lipinski definition) is 55. The maximum Gasteiger partial charge on any atom is 0.519 e. The number of aliphatic carboxylic acids is 5. The molecule has 17 N–H and O–H groups in total. The van der Waals surface area contributed by atoms with Crippen LogP contribution in [0.1, 0.15) is 219 Å². The average Bonchev–Trinajstić information content (AvgIpc) is 1.82. The molecule has 0 saturated heterocycles. The van der Waals surface area contributed by atoms with Gasteiger partial charge in [0.15, 0.2) is 18.1 Å². The van der Waals surface area contributed by atoms with Crippen LogP contribution in [-0.2, 0) is 138 Å². The number of carbonyl (C=O) groups excluding carboxylic acids is 7. The predicted octanol–water partition coefficient (Wildman–Crippen LogP) is 4.09. The summed E-state index contributed by atoms with van der Waals surface area (Å²) in [5.74, 6) is -8.95. The van der Waals surface area contributed by atoms with Crippen molar-refractivity contribution in [1.82, 2.24) is 0 Å². The number of ether oxygens (including phenoxy) is 10. The van der Waals surface area contributed by atoms with Gasteiger partial charge in [-0.25, -0.2) is 19.2 Å². The second-order valence-corrected chi connectivity index (χ2v) is 29.9. The van der Waals surface area contributed by atoms with Crippen molar-refractivity contribution in [3.8, 4) is 5.75 Å². The first-order chi connectivity index (χ1) is 68.0. The number of unbranched alkanes of at least 4 members (excludes halogenated alkanes) is 15. The smallest absolute Gasteiger partial charge is 0.480 e. The molecular weight excluding hydrogens is 1980 g/mol. The van der Waals surface area contributed by atoms with Crippen LogP contribution in [0.2, 0.25) is 0 Å². The third kappa shape index (κ3) is 80.9. The number of hydrogen-bond donors (Lipinski definition) is 11. The van der Waals surface area contributed by atoms with E-state index < -0.39 is 211 Å². The third-order valence-corrected chi connectivity index (χ3v) is 18.1. The first-order valence-corrected chi connectivity index (χ1v) is 43.9. The van der Waals surface area contributed by atoms with Gasteiger partial charge in [-0.15, -0.1) is 80.9 Å². The van der Waals surface area contributed by atoms with Crippen LogP contribution in [0.15, 0.2) is 37.9 Å². The normalized spacial score (nSPS) is 13.0. The number of aryl methyl sites for hydroxylation is 1. The Labute approximate surface area is 821 Å². The Kier molecular flexibility index (Phi) is 77.1. The quantitative estimate of drug-likeness (QED) is 0.0111. The first-order valence-electron chi connectivity index (χ1n) is 43.9. The zero-order valence-electron chi connectivity index (χ0n) is 79.8. The number of carboxylic acid groups (broad SMARTS) is 5. The van der Waals surface area contributed by atoms with Crippen molar-refractivity contribution in [1.29, 1.82) is 0 Å². The van der Waals surface area contributed by atoms with Gasteiger partial charge in [-0.2, -0.15) is 0 Å². The van der Waals surface area contributed by atoms with Crippen LogP contribution in [0.4, 0.5) is 14.4 Å². The molecule has 1 heterocycles. The van der Waals surface area contributed by atoms with E-state index in [4.69, 9.17) is 97.5 Å². The fourth-order valence-corrected chi connectivity index (χ4v) is 10.2. The topological polar surface area (TPSA) is 1020 Å². The summed E-state index contributed by atoms with van der Waals surface area (Å²) < 4.78 is 57.9. The molecule has 68 nitrogen and oxygen atoms in total. The van der Waals surface area contributed by atoms with E-state index in [1.807, 2.05) is 0 Å². The Morgan fingerprint density at radius 1 is 0.338 bits per heavy atom. The lowest BCUT2D eigenvalue weighted by Crippen LogP contribution is -2.42. The monoisotopic (exact) mass is 2110 g/mol. The number of nitrogens with two attached hydrogens (primary N) is 6. The molecule has 0 amide bonds. The molecule has 2 aromatic rings. The maximum atomic E-state index is 12.1. The lowest BCUT2D eigenvalue weighted by molar-refractivity contribution is -0.790. The van der Waals surface area contributed by atoms with E-state index in [9.17, 15) is 143 Å². The van der Waals surface area contributed by atoms with Gasteiger partial charge < -0.3 is 155 Å². The summed E-state index contributed by atoms with van der Waals surface area (Å²) in [5, 5.41) is 116. The highest BCUT2D eigenvalue weighted by atomic mass is 17.0. The van der Waals surface area contributed by atoms with E-state index in [0.717, 1.165) is 25.7 Å². The van der Waals surface area contributed by atoms with Crippen LogP contribution in [0, 0.1) is 87.8 Å². The Bertz CT molecular complexity index is 4110. The molecule has 0 aliphatic heterocycles. The number of esters is 4. The zero-order chi connectivity index (χ0) is 111. The van der Waals surface area contributed by atoms with Crippen molar-refractivity contribution in [2.24, 2.45) is 34.4 Å². The highest BCUT2D eigenvalue weighted by molar-refractivity contribution is 5.78. The minimum absolute atomic E-state index is 0.0116. The molecule has 13 unspecified atom stereocenters. The third-order valence-electron chi connectivity index (χ3n) is 18.1. The van der Waals surface area contributed by atoms with Gasteiger partial charge in [-0.05, 0) is 162 Å². The Hall–Kier alpha value is -15.4. The number of nitrogens with zero attached hydrogens (tertiary/aromatic N) is 8. The van der Waals surface area contributed by atoms with E-state index in [2.05, 4.69) is 57.3 Å². The average molecular weight is 2110 g/mol. The van der Waals surface area contributed by atoms with E-state index in [1.165, 1.54) is 53.7 Å². The predicted molar refractivity (Wildman–Crippen MR) is 472 cm³/mol. The molecular formula is C77H126N14O54. The van der Waals surface area contributed by atoms with Gasteiger partial charge in [0, 0.05) is 19.3 Å². The summed E-state index contributed by atoms with van der Waals surface area (Å²) in [7, 11) is 0. The number of rotatable bonds is 74. The van der Waals surface area contributed by atoms with Crippen molar-refractivity contribution in [3.05, 3.63) is 133 Å². The molecule has 0 saturated carbocycles. The fourth-order valence-electron chi connectivity index (χ4n) is 10.2. The highest BCUT2D eigenvalue weighted by Crippen LogP contribution is 2.19. The van der Waals surface area contributed by atoms with Gasteiger partial charge in [0.2, 0.25) is 0 Å². The Balaban J connectivity index is -0.000000832. The summed E-state index contributed by atoms with van der Waals surface area (Å²) in [6, 6.07) is -1.10. The first kappa shape index (κ1) is 136. The summed E-state index contributed by atoms with van der Waals surface area (Å²) in [5.41, 5.74) is 33.0. The van der Waals surface area contributed by atoms with Crippen LogP contribution in [0.5, 0.6) is 5.75 Å². The van der Waals surface area contributed by atoms with Gasteiger partial charge >= 0.3 is 78.0 Å². The van der Waals surface area contributed by atoms with Gasteiger partial charge in [0.05, 0.1) is 46.2 Å². The molecule has 0 spiro atoms. The second-order valence-electron chi connectivity index (χ2n) is 29.9. The number of carboxylic acids is 5. The van der Waals surface area contributed by atoms with Crippen molar-refractivity contribution < 1.29 is 219 Å². The molecule has 0 bridgehead atoms. The van der Waals surface area contributed by atoms with E-state index >= 15 is 0 Å².